The number of anilines is 1. The van der Waals surface area contributed by atoms with Crippen LogP contribution in [0, 0.1) is 29.1 Å². The number of ether oxygens (including phenoxy) is 3. The molecule has 14 heteroatoms. The Labute approximate surface area is 211 Å². The Morgan fingerprint density at radius 2 is 1.65 bits per heavy atom. The highest BCUT2D eigenvalue weighted by atomic mass is 32.2. The van der Waals surface area contributed by atoms with E-state index in [1.165, 1.54) is 7.11 Å². The molecule has 0 fully saturated rings. The summed E-state index contributed by atoms with van der Waals surface area (Å²) < 4.78 is 84.1. The van der Waals surface area contributed by atoms with Crippen molar-refractivity contribution in [2.75, 3.05) is 32.2 Å². The van der Waals surface area contributed by atoms with E-state index in [-0.39, 0.29) is 29.5 Å². The van der Waals surface area contributed by atoms with Gasteiger partial charge in [0.15, 0.2) is 23.3 Å². The molecule has 1 atom stereocenters. The predicted molar refractivity (Wildman–Crippen MR) is 125 cm³/mol. The summed E-state index contributed by atoms with van der Waals surface area (Å²) in [6, 6.07) is 6.49. The molecule has 0 saturated heterocycles. The van der Waals surface area contributed by atoms with Crippen molar-refractivity contribution in [2.24, 2.45) is 10.7 Å². The van der Waals surface area contributed by atoms with E-state index in [9.17, 15) is 31.5 Å². The number of nitrogens with two attached hydrogens (primary N) is 1. The molecule has 0 aliphatic carbocycles. The molecule has 37 heavy (non-hydrogen) atoms. The van der Waals surface area contributed by atoms with Crippen molar-refractivity contribution in [1.82, 2.24) is 0 Å². The molecule has 0 spiro atoms. The highest BCUT2D eigenvalue weighted by molar-refractivity contribution is 8.16. The number of hydrogen-bond acceptors (Lipinski definition) is 8. The van der Waals surface area contributed by atoms with E-state index in [1.807, 2.05) is 0 Å². The molecule has 1 amide bonds. The largest absolute Gasteiger partial charge is 0.492 e. The molecule has 3 N–H and O–H groups in total. The number of esters is 1. The van der Waals surface area contributed by atoms with Crippen LogP contribution < -0.4 is 15.8 Å². The third kappa shape index (κ3) is 5.85. The first-order valence-corrected chi connectivity index (χ1v) is 11.5. The van der Waals surface area contributed by atoms with Crippen LogP contribution in [-0.4, -0.2) is 49.1 Å². The van der Waals surface area contributed by atoms with Crippen LogP contribution in [0.25, 0.3) is 0 Å². The van der Waals surface area contributed by atoms with Gasteiger partial charge in [-0.15, -0.1) is 0 Å². The maximum Gasteiger partial charge on any atom is 0.342 e. The zero-order valence-corrected chi connectivity index (χ0v) is 20.2. The van der Waals surface area contributed by atoms with Crippen LogP contribution in [0.4, 0.5) is 33.3 Å². The van der Waals surface area contributed by atoms with E-state index in [0.29, 0.717) is 24.1 Å². The first-order chi connectivity index (χ1) is 17.6. The Hall–Kier alpha value is -3.65. The number of hydrogen-bond donors (Lipinski definition) is 2. The van der Waals surface area contributed by atoms with Crippen LogP contribution in [0.5, 0.6) is 5.75 Å². The number of halogens is 5. The molecule has 198 valence electrons. The lowest BCUT2D eigenvalue weighted by Gasteiger charge is -2.13. The molecule has 1 unspecified atom stereocenters. The average Bonchev–Trinajstić information content (AvgIpc) is 3.21. The van der Waals surface area contributed by atoms with Gasteiger partial charge in [-0.3, -0.25) is 4.79 Å². The molecular weight excluding hydrogens is 525 g/mol. The Kier molecular flexibility index (Phi) is 9.10. The average molecular weight is 545 g/mol. The van der Waals surface area contributed by atoms with Crippen molar-refractivity contribution in [3.8, 4) is 5.75 Å². The Balaban J connectivity index is 2.01. The highest BCUT2D eigenvalue weighted by Gasteiger charge is 2.40. The van der Waals surface area contributed by atoms with E-state index in [4.69, 9.17) is 19.9 Å². The van der Waals surface area contributed by atoms with Crippen molar-refractivity contribution in [3.63, 3.8) is 0 Å². The summed E-state index contributed by atoms with van der Waals surface area (Å²) in [6.45, 7) is 1.92. The third-order valence-electron chi connectivity index (χ3n) is 4.82. The third-order valence-corrected chi connectivity index (χ3v) is 6.04. The molecule has 0 bridgehead atoms. The summed E-state index contributed by atoms with van der Waals surface area (Å²) in [7, 11) is 1.38. The second-order valence-electron chi connectivity index (χ2n) is 7.21. The number of amides is 1. The molecule has 0 saturated carbocycles. The molecule has 1 aliphatic heterocycles. The fraction of sp³-hybridized carbons (Fsp3) is 0.261. The Morgan fingerprint density at radius 1 is 1.03 bits per heavy atom. The number of aliphatic imine (C=N–C) groups is 1. The summed E-state index contributed by atoms with van der Waals surface area (Å²) >= 11 is 0.611. The molecular formula is C23H20F5N3O5S. The fourth-order valence-electron chi connectivity index (χ4n) is 3.10. The summed E-state index contributed by atoms with van der Waals surface area (Å²) in [4.78, 5) is 30.0. The van der Waals surface area contributed by atoms with E-state index < -0.39 is 57.6 Å². The molecule has 1 aliphatic rings. The van der Waals surface area contributed by atoms with Crippen molar-refractivity contribution in [2.45, 2.75) is 12.2 Å². The number of para-hydroxylation sites is 2. The zero-order chi connectivity index (χ0) is 27.3. The Morgan fingerprint density at radius 3 is 2.27 bits per heavy atom. The predicted octanol–water partition coefficient (Wildman–Crippen LogP) is 3.97. The number of methoxy groups -OCH3 is 1. The molecule has 1 heterocycles. The summed E-state index contributed by atoms with van der Waals surface area (Å²) in [5.74, 6) is -13.2. The summed E-state index contributed by atoms with van der Waals surface area (Å²) in [5, 5.41) is 0.0426. The minimum Gasteiger partial charge on any atom is -0.492 e. The van der Waals surface area contributed by atoms with Gasteiger partial charge in [0.2, 0.25) is 11.7 Å². The second-order valence-corrected chi connectivity index (χ2v) is 8.30. The summed E-state index contributed by atoms with van der Waals surface area (Å²) in [6.07, 6.45) is 0. The van der Waals surface area contributed by atoms with Crippen LogP contribution in [0.2, 0.25) is 0 Å². The van der Waals surface area contributed by atoms with Gasteiger partial charge in [-0.05, 0) is 19.1 Å². The van der Waals surface area contributed by atoms with Gasteiger partial charge in [-0.1, -0.05) is 23.9 Å². The van der Waals surface area contributed by atoms with E-state index >= 15 is 0 Å². The van der Waals surface area contributed by atoms with Crippen molar-refractivity contribution in [3.05, 3.63) is 64.6 Å². The van der Waals surface area contributed by atoms with E-state index in [0.717, 1.165) is 0 Å². The van der Waals surface area contributed by atoms with Gasteiger partial charge in [0, 0.05) is 12.8 Å². The smallest absolute Gasteiger partial charge is 0.342 e. The molecule has 0 aromatic heterocycles. The van der Waals surface area contributed by atoms with Crippen LogP contribution in [0.3, 0.4) is 0 Å². The Bertz CT molecular complexity index is 1260. The van der Waals surface area contributed by atoms with Gasteiger partial charge < -0.3 is 25.3 Å². The topological polar surface area (TPSA) is 112 Å². The lowest BCUT2D eigenvalue weighted by Crippen LogP contribution is -2.30. The van der Waals surface area contributed by atoms with Crippen molar-refractivity contribution < 1.29 is 45.8 Å². The van der Waals surface area contributed by atoms with E-state index in [1.54, 1.807) is 36.5 Å². The van der Waals surface area contributed by atoms with Crippen LogP contribution in [0.1, 0.15) is 6.92 Å². The second kappa shape index (κ2) is 12.1. The number of nitrogens with zero attached hydrogens (tertiary/aromatic N) is 1. The number of carbonyl (C=O) groups excluding carboxylic acids is 2. The van der Waals surface area contributed by atoms with Gasteiger partial charge in [0.1, 0.15) is 39.6 Å². The SMILES string of the molecule is CCOc1ccccc1N=C1SC(C(=O)Nc2c(F)c(F)c(F)c(F)c2F)C(N)=C1C(=O)OCCOC. The monoisotopic (exact) mass is 545 g/mol. The standard InChI is InChI=1S/C23H20F5N3O5S/c1-3-35-11-7-5-4-6-10(11)30-22-12(23(33)36-9-8-34-2)18(29)20(37-22)21(32)31-19-16(27)14(25)13(24)15(26)17(19)28/h4-7,20H,3,8-9,29H2,1-2H3,(H,31,32). The molecule has 3 rings (SSSR count). The maximum atomic E-state index is 14.1. The van der Waals surface area contributed by atoms with Crippen LogP contribution in [0.15, 0.2) is 40.5 Å². The van der Waals surface area contributed by atoms with E-state index in [2.05, 4.69) is 4.99 Å². The molecule has 8 nitrogen and oxygen atoms in total. The lowest BCUT2D eigenvalue weighted by atomic mass is 10.1. The van der Waals surface area contributed by atoms with Gasteiger partial charge in [0.25, 0.3) is 0 Å². The van der Waals surface area contributed by atoms with Gasteiger partial charge in [0.05, 0.1) is 13.2 Å². The highest BCUT2D eigenvalue weighted by Crippen LogP contribution is 2.38. The molecule has 0 radical (unpaired) electrons. The van der Waals surface area contributed by atoms with Crippen molar-refractivity contribution >= 4 is 40.1 Å². The summed E-state index contributed by atoms with van der Waals surface area (Å²) in [5.41, 5.74) is 4.03. The normalized spacial score (nSPS) is 16.3. The minimum absolute atomic E-state index is 0.0515. The first-order valence-electron chi connectivity index (χ1n) is 10.6. The zero-order valence-electron chi connectivity index (χ0n) is 19.4. The minimum atomic E-state index is -2.38. The maximum absolute atomic E-state index is 14.1. The van der Waals surface area contributed by atoms with Crippen molar-refractivity contribution in [1.29, 1.82) is 0 Å². The fourth-order valence-corrected chi connectivity index (χ4v) is 4.20. The first kappa shape index (κ1) is 27.9. The number of rotatable bonds is 9. The number of nitrogens with one attached hydrogen (secondary N) is 1. The van der Waals surface area contributed by atoms with Gasteiger partial charge >= 0.3 is 5.97 Å². The number of benzene rings is 2. The lowest BCUT2D eigenvalue weighted by molar-refractivity contribution is -0.139. The molecule has 2 aromatic rings. The van der Waals surface area contributed by atoms with Crippen LogP contribution >= 0.6 is 11.8 Å². The van der Waals surface area contributed by atoms with Gasteiger partial charge in [-0.25, -0.2) is 31.7 Å². The van der Waals surface area contributed by atoms with Crippen LogP contribution in [-0.2, 0) is 19.1 Å². The quantitative estimate of drug-likeness (QED) is 0.161. The van der Waals surface area contributed by atoms with Gasteiger partial charge in [-0.2, -0.15) is 0 Å². The number of thioether (sulfide) groups is 1. The number of carbonyl (C=O) groups is 2. The molecule has 2 aromatic carbocycles.